The lowest BCUT2D eigenvalue weighted by atomic mass is 10.2. The predicted molar refractivity (Wildman–Crippen MR) is 57.9 cm³/mol. The molecule has 0 saturated heterocycles. The molecule has 0 aliphatic rings. The number of alkyl halides is 3. The van der Waals surface area contributed by atoms with Gasteiger partial charge in [-0.15, -0.1) is 0 Å². The minimum absolute atomic E-state index is 0.584. The highest BCUT2D eigenvalue weighted by Crippen LogP contribution is 2.26. The monoisotopic (exact) mass is 276 g/mol. The van der Waals surface area contributed by atoms with Crippen molar-refractivity contribution >= 4 is 20.8 Å². The predicted octanol–water partition coefficient (Wildman–Crippen LogP) is 2.11. The molecule has 0 aliphatic heterocycles. The van der Waals surface area contributed by atoms with Gasteiger partial charge in [-0.3, -0.25) is 0 Å². The fourth-order valence-corrected chi connectivity index (χ4v) is 1.79. The van der Waals surface area contributed by atoms with Crippen LogP contribution in [-0.4, -0.2) is 13.9 Å². The standard InChI is InChI=1S/C10H7F3N2O2S/c11-10(12,13)18(16,17)14-15-6-5-8-3-1-2-4-9(8)7-15/h1-7H. The van der Waals surface area contributed by atoms with Crippen LogP contribution in [-0.2, 0) is 10.0 Å². The number of rotatable bonds is 2. The molecule has 4 nitrogen and oxygen atoms in total. The van der Waals surface area contributed by atoms with Gasteiger partial charge in [0.25, 0.3) is 0 Å². The van der Waals surface area contributed by atoms with Crippen LogP contribution in [0.1, 0.15) is 0 Å². The van der Waals surface area contributed by atoms with Gasteiger partial charge in [0.2, 0.25) is 10.0 Å². The highest BCUT2D eigenvalue weighted by atomic mass is 32.2. The minimum atomic E-state index is -5.53. The largest absolute Gasteiger partial charge is 0.487 e. The van der Waals surface area contributed by atoms with Gasteiger partial charge < -0.3 is 4.83 Å². The lowest BCUT2D eigenvalue weighted by molar-refractivity contribution is -0.612. The second-order valence-corrected chi connectivity index (χ2v) is 5.03. The third kappa shape index (κ3) is 2.37. The molecule has 0 aliphatic carbocycles. The average Bonchev–Trinajstić information content (AvgIpc) is 2.27. The van der Waals surface area contributed by atoms with Gasteiger partial charge in [-0.2, -0.15) is 13.2 Å². The first-order chi connectivity index (χ1) is 8.29. The summed E-state index contributed by atoms with van der Waals surface area (Å²) in [7, 11) is -5.53. The summed E-state index contributed by atoms with van der Waals surface area (Å²) >= 11 is 0. The summed E-state index contributed by atoms with van der Waals surface area (Å²) in [5, 5.41) is 1.36. The molecule has 18 heavy (non-hydrogen) atoms. The van der Waals surface area contributed by atoms with E-state index in [0.717, 1.165) is 11.6 Å². The Morgan fingerprint density at radius 3 is 2.28 bits per heavy atom. The molecule has 0 bridgehead atoms. The second kappa shape index (κ2) is 4.13. The van der Waals surface area contributed by atoms with Crippen molar-refractivity contribution < 1.29 is 26.3 Å². The smallest absolute Gasteiger partial charge is 0.315 e. The van der Waals surface area contributed by atoms with Crippen LogP contribution in [0.4, 0.5) is 13.2 Å². The number of hydrogen-bond donors (Lipinski definition) is 0. The fourth-order valence-electron chi connectivity index (χ4n) is 1.34. The van der Waals surface area contributed by atoms with E-state index in [2.05, 4.69) is 4.83 Å². The van der Waals surface area contributed by atoms with Gasteiger partial charge >= 0.3 is 5.51 Å². The van der Waals surface area contributed by atoms with Crippen LogP contribution in [0.3, 0.4) is 0 Å². The zero-order valence-electron chi connectivity index (χ0n) is 8.79. The van der Waals surface area contributed by atoms with Crippen molar-refractivity contribution in [3.63, 3.8) is 0 Å². The second-order valence-electron chi connectivity index (χ2n) is 3.46. The van der Waals surface area contributed by atoms with Crippen LogP contribution >= 0.6 is 0 Å². The van der Waals surface area contributed by atoms with E-state index in [1.807, 2.05) is 0 Å². The maximum atomic E-state index is 12.1. The van der Waals surface area contributed by atoms with Crippen LogP contribution in [0.2, 0.25) is 0 Å². The minimum Gasteiger partial charge on any atom is -0.315 e. The number of nitrogens with zero attached hydrogens (tertiary/aromatic N) is 2. The molecule has 0 amide bonds. The van der Waals surface area contributed by atoms with E-state index in [0.29, 0.717) is 10.1 Å². The first-order valence-corrected chi connectivity index (χ1v) is 6.18. The molecule has 2 aromatic rings. The number of pyridine rings is 1. The van der Waals surface area contributed by atoms with E-state index in [9.17, 15) is 21.6 Å². The van der Waals surface area contributed by atoms with Crippen molar-refractivity contribution in [2.24, 2.45) is 0 Å². The Bertz CT molecular complexity index is 683. The van der Waals surface area contributed by atoms with Gasteiger partial charge in [0.05, 0.1) is 0 Å². The lowest BCUT2D eigenvalue weighted by Crippen LogP contribution is -2.36. The molecule has 96 valence electrons. The molecule has 0 radical (unpaired) electrons. The van der Waals surface area contributed by atoms with Crippen molar-refractivity contribution in [2.75, 3.05) is 0 Å². The number of hydrogen-bond acceptors (Lipinski definition) is 2. The Morgan fingerprint density at radius 1 is 1.06 bits per heavy atom. The number of fused-ring (bicyclic) bond motifs is 1. The summed E-state index contributed by atoms with van der Waals surface area (Å²) in [4.78, 5) is 2.68. The summed E-state index contributed by atoms with van der Waals surface area (Å²) < 4.78 is 58.7. The summed E-state index contributed by atoms with van der Waals surface area (Å²) in [6.45, 7) is 0. The van der Waals surface area contributed by atoms with Crippen molar-refractivity contribution in [3.8, 4) is 0 Å². The quantitative estimate of drug-likeness (QED) is 0.789. The van der Waals surface area contributed by atoms with E-state index >= 15 is 0 Å². The van der Waals surface area contributed by atoms with Crippen LogP contribution in [0.25, 0.3) is 15.6 Å². The first kappa shape index (κ1) is 12.6. The van der Waals surface area contributed by atoms with E-state index in [1.165, 1.54) is 12.3 Å². The number of sulfonamides is 1. The molecule has 2 rings (SSSR count). The molecule has 0 unspecified atom stereocenters. The zero-order valence-corrected chi connectivity index (χ0v) is 9.61. The maximum Gasteiger partial charge on any atom is 0.487 e. The van der Waals surface area contributed by atoms with Crippen molar-refractivity contribution in [1.29, 1.82) is 0 Å². The fraction of sp³-hybridized carbons (Fsp3) is 0.100. The summed E-state index contributed by atoms with van der Waals surface area (Å²) in [6.07, 6.45) is 2.35. The maximum absolute atomic E-state index is 12.1. The van der Waals surface area contributed by atoms with Crippen LogP contribution < -0.4 is 4.68 Å². The highest BCUT2D eigenvalue weighted by molar-refractivity contribution is 7.94. The molecular formula is C10H7F3N2O2S. The highest BCUT2D eigenvalue weighted by Gasteiger charge is 2.41. The van der Waals surface area contributed by atoms with Crippen LogP contribution in [0.5, 0.6) is 0 Å². The SMILES string of the molecule is O=S(=O)([N-][n+]1ccc2ccccc2c1)C(F)(F)F. The van der Waals surface area contributed by atoms with E-state index in [1.54, 1.807) is 24.3 Å². The third-order valence-electron chi connectivity index (χ3n) is 2.17. The molecule has 0 atom stereocenters. The Kier molecular flexibility index (Phi) is 2.89. The topological polar surface area (TPSA) is 52.1 Å². The molecule has 8 heteroatoms. The molecule has 1 aromatic heterocycles. The van der Waals surface area contributed by atoms with Gasteiger partial charge in [-0.25, -0.2) is 13.1 Å². The molecule has 0 N–H and O–H groups in total. The van der Waals surface area contributed by atoms with Gasteiger partial charge in [-0.05, 0) is 11.5 Å². The number of aromatic nitrogens is 1. The Balaban J connectivity index is 2.39. The van der Waals surface area contributed by atoms with Gasteiger partial charge in [-0.1, -0.05) is 18.2 Å². The van der Waals surface area contributed by atoms with Crippen molar-refractivity contribution in [1.82, 2.24) is 0 Å². The van der Waals surface area contributed by atoms with Crippen molar-refractivity contribution in [3.05, 3.63) is 47.6 Å². The molecule has 0 spiro atoms. The van der Waals surface area contributed by atoms with E-state index < -0.39 is 15.5 Å². The van der Waals surface area contributed by atoms with E-state index in [-0.39, 0.29) is 0 Å². The van der Waals surface area contributed by atoms with E-state index in [4.69, 9.17) is 0 Å². The Hall–Kier alpha value is -1.83. The molecule has 1 heterocycles. The summed E-state index contributed by atoms with van der Waals surface area (Å²) in [6, 6.07) is 8.31. The molecule has 1 aromatic carbocycles. The summed E-state index contributed by atoms with van der Waals surface area (Å²) in [5.41, 5.74) is -5.40. The molecule has 0 saturated carbocycles. The average molecular weight is 276 g/mol. The Morgan fingerprint density at radius 2 is 1.67 bits per heavy atom. The Labute approximate surface area is 101 Å². The molecular weight excluding hydrogens is 269 g/mol. The van der Waals surface area contributed by atoms with Gasteiger partial charge in [0.1, 0.15) is 0 Å². The first-order valence-electron chi connectivity index (χ1n) is 4.74. The number of benzene rings is 1. The normalized spacial score (nSPS) is 12.6. The zero-order chi connectivity index (χ0) is 13.4. The third-order valence-corrected chi connectivity index (χ3v) is 3.16. The number of halogens is 3. The van der Waals surface area contributed by atoms with Crippen LogP contribution in [0.15, 0.2) is 42.7 Å². The van der Waals surface area contributed by atoms with Gasteiger partial charge in [0.15, 0.2) is 12.4 Å². The lowest BCUT2D eigenvalue weighted by Gasteiger charge is -2.16. The summed E-state index contributed by atoms with van der Waals surface area (Å²) in [5.74, 6) is 0. The van der Waals surface area contributed by atoms with Crippen molar-refractivity contribution in [2.45, 2.75) is 5.51 Å². The van der Waals surface area contributed by atoms with Crippen LogP contribution in [0, 0.1) is 0 Å². The van der Waals surface area contributed by atoms with Gasteiger partial charge in [0, 0.05) is 11.5 Å². The molecule has 0 fully saturated rings.